The Labute approximate surface area is 129 Å². The number of ether oxygens (including phenoxy) is 1. The third kappa shape index (κ3) is 7.86. The predicted octanol–water partition coefficient (Wildman–Crippen LogP) is 3.84. The van der Waals surface area contributed by atoms with Crippen molar-refractivity contribution in [1.82, 2.24) is 5.32 Å². The topological polar surface area (TPSA) is 38.3 Å². The molecule has 0 bridgehead atoms. The number of carbonyl (C=O) groups excluding carboxylic acids is 1. The van der Waals surface area contributed by atoms with E-state index in [0.29, 0.717) is 13.0 Å². The first kappa shape index (κ1) is 17.7. The van der Waals surface area contributed by atoms with Gasteiger partial charge < -0.3 is 10.1 Å². The Morgan fingerprint density at radius 1 is 1.24 bits per heavy atom. The molecule has 0 spiro atoms. The van der Waals surface area contributed by atoms with Gasteiger partial charge in [-0.1, -0.05) is 50.6 Å². The molecule has 21 heavy (non-hydrogen) atoms. The fourth-order valence-corrected chi connectivity index (χ4v) is 2.34. The number of rotatable bonds is 7. The molecule has 0 aromatic heterocycles. The molecule has 0 saturated carbocycles. The molecule has 3 heteroatoms. The standard InChI is InChI=1S/C18H29NO2/c1-6-21-17(20)11-16(12-18(3,4)5)19-13-15-9-7-14(2)8-10-15/h7-10,16,19H,6,11-13H2,1-5H3. The van der Waals surface area contributed by atoms with Crippen LogP contribution in [-0.2, 0) is 16.1 Å². The van der Waals surface area contributed by atoms with Crippen molar-refractivity contribution < 1.29 is 9.53 Å². The average Bonchev–Trinajstić information content (AvgIpc) is 2.36. The summed E-state index contributed by atoms with van der Waals surface area (Å²) in [5.74, 6) is -0.122. The third-order valence-electron chi connectivity index (χ3n) is 3.29. The largest absolute Gasteiger partial charge is 0.466 e. The summed E-state index contributed by atoms with van der Waals surface area (Å²) in [6, 6.07) is 8.62. The van der Waals surface area contributed by atoms with E-state index in [0.717, 1.165) is 13.0 Å². The molecule has 1 aromatic rings. The van der Waals surface area contributed by atoms with Crippen LogP contribution in [0.3, 0.4) is 0 Å². The van der Waals surface area contributed by atoms with Gasteiger partial charge in [-0.05, 0) is 31.2 Å². The maximum atomic E-state index is 11.7. The van der Waals surface area contributed by atoms with Crippen LogP contribution in [0.15, 0.2) is 24.3 Å². The van der Waals surface area contributed by atoms with Crippen LogP contribution in [0.1, 0.15) is 51.7 Å². The summed E-state index contributed by atoms with van der Waals surface area (Å²) in [4.78, 5) is 11.7. The minimum Gasteiger partial charge on any atom is -0.466 e. The van der Waals surface area contributed by atoms with Crippen LogP contribution in [0.25, 0.3) is 0 Å². The maximum Gasteiger partial charge on any atom is 0.307 e. The minimum absolute atomic E-state index is 0.122. The van der Waals surface area contributed by atoms with Gasteiger partial charge in [0.1, 0.15) is 0 Å². The van der Waals surface area contributed by atoms with E-state index in [4.69, 9.17) is 4.74 Å². The van der Waals surface area contributed by atoms with E-state index in [9.17, 15) is 4.79 Å². The van der Waals surface area contributed by atoms with Gasteiger partial charge in [-0.15, -0.1) is 0 Å². The summed E-state index contributed by atoms with van der Waals surface area (Å²) in [7, 11) is 0. The Balaban J connectivity index is 2.59. The van der Waals surface area contributed by atoms with Crippen molar-refractivity contribution in [1.29, 1.82) is 0 Å². The van der Waals surface area contributed by atoms with Gasteiger partial charge in [0, 0.05) is 12.6 Å². The Hall–Kier alpha value is -1.35. The molecule has 0 aliphatic heterocycles. The van der Waals surface area contributed by atoms with Gasteiger partial charge in [0.05, 0.1) is 13.0 Å². The van der Waals surface area contributed by atoms with Crippen LogP contribution >= 0.6 is 0 Å². The van der Waals surface area contributed by atoms with Crippen LogP contribution in [-0.4, -0.2) is 18.6 Å². The summed E-state index contributed by atoms with van der Waals surface area (Å²) in [5.41, 5.74) is 2.68. The lowest BCUT2D eigenvalue weighted by Crippen LogP contribution is -2.35. The first-order valence-corrected chi connectivity index (χ1v) is 7.74. The van der Waals surface area contributed by atoms with E-state index < -0.39 is 0 Å². The number of nitrogens with one attached hydrogen (secondary N) is 1. The highest BCUT2D eigenvalue weighted by atomic mass is 16.5. The fourth-order valence-electron chi connectivity index (χ4n) is 2.34. The molecule has 0 amide bonds. The molecular formula is C18H29NO2. The van der Waals surface area contributed by atoms with Gasteiger partial charge in [-0.2, -0.15) is 0 Å². The highest BCUT2D eigenvalue weighted by molar-refractivity contribution is 5.70. The van der Waals surface area contributed by atoms with Gasteiger partial charge in [0.15, 0.2) is 0 Å². The number of hydrogen-bond donors (Lipinski definition) is 1. The summed E-state index contributed by atoms with van der Waals surface area (Å²) in [6.45, 7) is 11.7. The van der Waals surface area contributed by atoms with Crippen LogP contribution in [0.4, 0.5) is 0 Å². The lowest BCUT2D eigenvalue weighted by molar-refractivity contribution is -0.143. The molecule has 1 atom stereocenters. The molecule has 0 fully saturated rings. The van der Waals surface area contributed by atoms with Crippen LogP contribution in [0.2, 0.25) is 0 Å². The molecule has 0 heterocycles. The molecule has 0 radical (unpaired) electrons. The van der Waals surface area contributed by atoms with Crippen molar-refractivity contribution in [3.05, 3.63) is 35.4 Å². The Kier molecular flexibility index (Phi) is 6.90. The molecule has 1 rings (SSSR count). The normalized spacial score (nSPS) is 13.0. The van der Waals surface area contributed by atoms with E-state index in [1.807, 2.05) is 6.92 Å². The zero-order valence-corrected chi connectivity index (χ0v) is 14.0. The molecule has 1 unspecified atom stereocenters. The van der Waals surface area contributed by atoms with Crippen molar-refractivity contribution in [2.45, 2.75) is 60.0 Å². The summed E-state index contributed by atoms with van der Waals surface area (Å²) >= 11 is 0. The first-order valence-electron chi connectivity index (χ1n) is 7.74. The quantitative estimate of drug-likeness (QED) is 0.776. The predicted molar refractivity (Wildman–Crippen MR) is 87.1 cm³/mol. The highest BCUT2D eigenvalue weighted by Crippen LogP contribution is 2.22. The molecule has 0 saturated heterocycles. The molecule has 1 N–H and O–H groups in total. The van der Waals surface area contributed by atoms with Crippen LogP contribution in [0.5, 0.6) is 0 Å². The second-order valence-electron chi connectivity index (χ2n) is 6.84. The summed E-state index contributed by atoms with van der Waals surface area (Å²) < 4.78 is 5.08. The molecular weight excluding hydrogens is 262 g/mol. The van der Waals surface area contributed by atoms with Gasteiger partial charge in [-0.25, -0.2) is 0 Å². The van der Waals surface area contributed by atoms with Gasteiger partial charge in [0.25, 0.3) is 0 Å². The second kappa shape index (κ2) is 8.18. The van der Waals surface area contributed by atoms with E-state index >= 15 is 0 Å². The van der Waals surface area contributed by atoms with E-state index in [1.165, 1.54) is 11.1 Å². The van der Waals surface area contributed by atoms with Gasteiger partial charge in [-0.3, -0.25) is 4.79 Å². The van der Waals surface area contributed by atoms with E-state index in [1.54, 1.807) is 0 Å². The average molecular weight is 291 g/mol. The second-order valence-corrected chi connectivity index (χ2v) is 6.84. The monoisotopic (exact) mass is 291 g/mol. The number of esters is 1. The van der Waals surface area contributed by atoms with Crippen molar-refractivity contribution >= 4 is 5.97 Å². The molecule has 3 nitrogen and oxygen atoms in total. The fraction of sp³-hybridized carbons (Fsp3) is 0.611. The molecule has 118 valence electrons. The van der Waals surface area contributed by atoms with Crippen molar-refractivity contribution in [2.24, 2.45) is 5.41 Å². The molecule has 1 aromatic carbocycles. The number of benzene rings is 1. The Bertz CT molecular complexity index is 432. The first-order chi connectivity index (χ1) is 9.80. The molecule has 0 aliphatic rings. The van der Waals surface area contributed by atoms with Crippen molar-refractivity contribution in [3.8, 4) is 0 Å². The highest BCUT2D eigenvalue weighted by Gasteiger charge is 2.21. The SMILES string of the molecule is CCOC(=O)CC(CC(C)(C)C)NCc1ccc(C)cc1. The third-order valence-corrected chi connectivity index (χ3v) is 3.29. The number of aryl methyl sites for hydroxylation is 1. The van der Waals surface area contributed by atoms with Crippen molar-refractivity contribution in [2.75, 3.05) is 6.61 Å². The minimum atomic E-state index is -0.122. The maximum absolute atomic E-state index is 11.7. The van der Waals surface area contributed by atoms with Gasteiger partial charge >= 0.3 is 5.97 Å². The summed E-state index contributed by atoms with van der Waals surface area (Å²) in [6.07, 6.45) is 1.37. The smallest absolute Gasteiger partial charge is 0.307 e. The molecule has 0 aliphatic carbocycles. The number of hydrogen-bond acceptors (Lipinski definition) is 3. The number of carbonyl (C=O) groups is 1. The lowest BCUT2D eigenvalue weighted by Gasteiger charge is -2.26. The van der Waals surface area contributed by atoms with Crippen molar-refractivity contribution in [3.63, 3.8) is 0 Å². The Morgan fingerprint density at radius 3 is 2.38 bits per heavy atom. The summed E-state index contributed by atoms with van der Waals surface area (Å²) in [5, 5.41) is 3.50. The van der Waals surface area contributed by atoms with Gasteiger partial charge in [0.2, 0.25) is 0 Å². The van der Waals surface area contributed by atoms with E-state index in [-0.39, 0.29) is 17.4 Å². The lowest BCUT2D eigenvalue weighted by atomic mass is 9.87. The Morgan fingerprint density at radius 2 is 1.86 bits per heavy atom. The van der Waals surface area contributed by atoms with Crippen LogP contribution in [0, 0.1) is 12.3 Å². The van der Waals surface area contributed by atoms with E-state index in [2.05, 4.69) is 57.3 Å². The zero-order valence-electron chi connectivity index (χ0n) is 14.0. The van der Waals surface area contributed by atoms with Crippen LogP contribution < -0.4 is 5.32 Å². The zero-order chi connectivity index (χ0) is 15.9.